The largest absolute Gasteiger partial charge is 0.393 e. The van der Waals surface area contributed by atoms with Crippen LogP contribution in [0.3, 0.4) is 0 Å². The number of nitrogens with one attached hydrogen (secondary N) is 1. The van der Waals surface area contributed by atoms with Crippen molar-refractivity contribution in [1.82, 2.24) is 4.72 Å². The number of hydrogen-bond donors (Lipinski definition) is 2. The average molecular weight is 266 g/mol. The Bertz CT molecular complexity index is 571. The van der Waals surface area contributed by atoms with Crippen LogP contribution in [0.4, 0.5) is 0 Å². The van der Waals surface area contributed by atoms with E-state index in [1.165, 1.54) is 12.1 Å². The summed E-state index contributed by atoms with van der Waals surface area (Å²) in [6, 6.07) is 7.81. The van der Waals surface area contributed by atoms with Gasteiger partial charge in [0, 0.05) is 6.54 Å². The Morgan fingerprint density at radius 1 is 1.44 bits per heavy atom. The lowest BCUT2D eigenvalue weighted by molar-refractivity contribution is 0.0453. The highest BCUT2D eigenvalue weighted by atomic mass is 32.2. The highest BCUT2D eigenvalue weighted by Gasteiger charge is 2.28. The van der Waals surface area contributed by atoms with Gasteiger partial charge in [0.2, 0.25) is 10.0 Å². The maximum Gasteiger partial charge on any atom is 0.240 e. The molecule has 96 valence electrons. The number of sulfonamides is 1. The van der Waals surface area contributed by atoms with E-state index in [0.29, 0.717) is 24.9 Å². The Labute approximate surface area is 106 Å². The molecule has 1 fully saturated rings. The van der Waals surface area contributed by atoms with Crippen LogP contribution in [0.25, 0.3) is 0 Å². The van der Waals surface area contributed by atoms with Gasteiger partial charge in [-0.05, 0) is 37.0 Å². The Morgan fingerprint density at radius 2 is 2.17 bits per heavy atom. The zero-order valence-electron chi connectivity index (χ0n) is 9.70. The van der Waals surface area contributed by atoms with Gasteiger partial charge in [-0.1, -0.05) is 6.07 Å². The van der Waals surface area contributed by atoms with Gasteiger partial charge in [0.05, 0.1) is 22.6 Å². The molecule has 0 unspecified atom stereocenters. The average Bonchev–Trinajstić information content (AvgIpc) is 2.33. The van der Waals surface area contributed by atoms with Crippen molar-refractivity contribution in [2.45, 2.75) is 23.8 Å². The van der Waals surface area contributed by atoms with E-state index in [1.54, 1.807) is 12.1 Å². The predicted octanol–water partition coefficient (Wildman–Crippen LogP) is 0.607. The Morgan fingerprint density at radius 3 is 2.78 bits per heavy atom. The summed E-state index contributed by atoms with van der Waals surface area (Å²) in [5, 5.41) is 17.8. The van der Waals surface area contributed by atoms with Crippen LogP contribution in [-0.4, -0.2) is 26.2 Å². The standard InChI is InChI=1S/C12H14N2O3S/c13-7-9-2-1-3-12(6-9)18(16,17)14-8-10-4-11(15)5-10/h1-3,6,10-11,14-15H,4-5,8H2. The monoisotopic (exact) mass is 266 g/mol. The van der Waals surface area contributed by atoms with E-state index in [0.717, 1.165) is 0 Å². The lowest BCUT2D eigenvalue weighted by Crippen LogP contribution is -2.38. The molecule has 2 N–H and O–H groups in total. The minimum atomic E-state index is -3.56. The van der Waals surface area contributed by atoms with Gasteiger partial charge in [-0.15, -0.1) is 0 Å². The van der Waals surface area contributed by atoms with Gasteiger partial charge < -0.3 is 5.11 Å². The lowest BCUT2D eigenvalue weighted by atomic mass is 9.83. The second-order valence-corrected chi connectivity index (χ2v) is 6.25. The summed E-state index contributed by atoms with van der Waals surface area (Å²) in [5.41, 5.74) is 0.317. The van der Waals surface area contributed by atoms with E-state index >= 15 is 0 Å². The second-order valence-electron chi connectivity index (χ2n) is 4.48. The first-order valence-electron chi connectivity index (χ1n) is 5.69. The smallest absolute Gasteiger partial charge is 0.240 e. The van der Waals surface area contributed by atoms with Crippen molar-refractivity contribution in [1.29, 1.82) is 5.26 Å². The molecule has 5 nitrogen and oxygen atoms in total. The summed E-state index contributed by atoms with van der Waals surface area (Å²) in [6.45, 7) is 0.330. The third-order valence-corrected chi connectivity index (χ3v) is 4.47. The maximum absolute atomic E-state index is 11.9. The molecular formula is C12H14N2O3S. The molecular weight excluding hydrogens is 252 g/mol. The fraction of sp³-hybridized carbons (Fsp3) is 0.417. The number of rotatable bonds is 4. The fourth-order valence-electron chi connectivity index (χ4n) is 1.91. The number of aliphatic hydroxyl groups excluding tert-OH is 1. The minimum Gasteiger partial charge on any atom is -0.393 e. The molecule has 0 saturated heterocycles. The molecule has 1 aliphatic rings. The van der Waals surface area contributed by atoms with Crippen LogP contribution in [-0.2, 0) is 10.0 Å². The van der Waals surface area contributed by atoms with E-state index in [2.05, 4.69) is 4.72 Å². The van der Waals surface area contributed by atoms with E-state index in [9.17, 15) is 8.42 Å². The highest BCUT2D eigenvalue weighted by molar-refractivity contribution is 7.89. The number of nitriles is 1. The molecule has 6 heteroatoms. The summed E-state index contributed by atoms with van der Waals surface area (Å²) in [6.07, 6.45) is 0.989. The second kappa shape index (κ2) is 5.06. The van der Waals surface area contributed by atoms with Crippen LogP contribution in [0.1, 0.15) is 18.4 Å². The molecule has 0 amide bonds. The van der Waals surface area contributed by atoms with Gasteiger partial charge in [0.1, 0.15) is 0 Å². The number of benzene rings is 1. The molecule has 18 heavy (non-hydrogen) atoms. The normalized spacial score (nSPS) is 23.1. The molecule has 0 spiro atoms. The third kappa shape index (κ3) is 2.88. The molecule has 0 heterocycles. The van der Waals surface area contributed by atoms with Crippen LogP contribution in [0, 0.1) is 17.2 Å². The SMILES string of the molecule is N#Cc1cccc(S(=O)(=O)NCC2CC(O)C2)c1. The first-order valence-corrected chi connectivity index (χ1v) is 7.17. The number of hydrogen-bond acceptors (Lipinski definition) is 4. The molecule has 0 atom stereocenters. The van der Waals surface area contributed by atoms with Gasteiger partial charge >= 0.3 is 0 Å². The zero-order valence-corrected chi connectivity index (χ0v) is 10.5. The summed E-state index contributed by atoms with van der Waals surface area (Å²) in [5.74, 6) is 0.203. The molecule has 0 aromatic heterocycles. The van der Waals surface area contributed by atoms with Crippen molar-refractivity contribution in [2.75, 3.05) is 6.54 Å². The molecule has 1 aromatic carbocycles. The minimum absolute atomic E-state index is 0.0985. The van der Waals surface area contributed by atoms with Gasteiger partial charge in [-0.3, -0.25) is 0 Å². The first kappa shape index (κ1) is 13.0. The van der Waals surface area contributed by atoms with Crippen molar-refractivity contribution in [3.05, 3.63) is 29.8 Å². The predicted molar refractivity (Wildman–Crippen MR) is 65.1 cm³/mol. The van der Waals surface area contributed by atoms with Crippen molar-refractivity contribution in [3.63, 3.8) is 0 Å². The molecule has 1 aromatic rings. The maximum atomic E-state index is 11.9. The quantitative estimate of drug-likeness (QED) is 0.835. The highest BCUT2D eigenvalue weighted by Crippen LogP contribution is 2.26. The fourth-order valence-corrected chi connectivity index (χ4v) is 3.07. The van der Waals surface area contributed by atoms with E-state index < -0.39 is 10.0 Å². The van der Waals surface area contributed by atoms with Crippen LogP contribution >= 0.6 is 0 Å². The first-order chi connectivity index (χ1) is 8.51. The molecule has 1 saturated carbocycles. The van der Waals surface area contributed by atoms with E-state index in [4.69, 9.17) is 10.4 Å². The number of aliphatic hydroxyl groups is 1. The summed E-state index contributed by atoms with van der Waals surface area (Å²) >= 11 is 0. The third-order valence-electron chi connectivity index (χ3n) is 3.05. The van der Waals surface area contributed by atoms with Crippen molar-refractivity contribution >= 4 is 10.0 Å². The van der Waals surface area contributed by atoms with Crippen LogP contribution < -0.4 is 4.72 Å². The van der Waals surface area contributed by atoms with E-state index in [-0.39, 0.29) is 16.9 Å². The summed E-state index contributed by atoms with van der Waals surface area (Å²) < 4.78 is 26.4. The van der Waals surface area contributed by atoms with Crippen LogP contribution in [0.2, 0.25) is 0 Å². The summed E-state index contributed by atoms with van der Waals surface area (Å²) in [7, 11) is -3.56. The molecule has 0 bridgehead atoms. The van der Waals surface area contributed by atoms with Gasteiger partial charge in [-0.2, -0.15) is 5.26 Å². The van der Waals surface area contributed by atoms with Crippen molar-refractivity contribution < 1.29 is 13.5 Å². The lowest BCUT2D eigenvalue weighted by Gasteiger charge is -2.31. The van der Waals surface area contributed by atoms with Gasteiger partial charge in [0.25, 0.3) is 0 Å². The summed E-state index contributed by atoms with van der Waals surface area (Å²) in [4.78, 5) is 0.0985. The molecule has 0 aliphatic heterocycles. The van der Waals surface area contributed by atoms with Crippen molar-refractivity contribution in [2.24, 2.45) is 5.92 Å². The van der Waals surface area contributed by atoms with E-state index in [1.807, 2.05) is 6.07 Å². The molecule has 2 rings (SSSR count). The molecule has 0 radical (unpaired) electrons. The Hall–Kier alpha value is -1.42. The topological polar surface area (TPSA) is 90.2 Å². The van der Waals surface area contributed by atoms with Gasteiger partial charge in [0.15, 0.2) is 0 Å². The van der Waals surface area contributed by atoms with Gasteiger partial charge in [-0.25, -0.2) is 13.1 Å². The zero-order chi connectivity index (χ0) is 13.2. The Kier molecular flexibility index (Phi) is 3.66. The van der Waals surface area contributed by atoms with Crippen LogP contribution in [0.5, 0.6) is 0 Å². The Balaban J connectivity index is 2.03. The number of nitrogens with zero attached hydrogens (tertiary/aromatic N) is 1. The molecule has 1 aliphatic carbocycles. The van der Waals surface area contributed by atoms with Crippen LogP contribution in [0.15, 0.2) is 29.2 Å². The van der Waals surface area contributed by atoms with Crippen molar-refractivity contribution in [3.8, 4) is 6.07 Å².